The third kappa shape index (κ3) is 2.17. The van der Waals surface area contributed by atoms with Crippen LogP contribution in [0.2, 0.25) is 5.02 Å². The molecule has 2 aromatic rings. The van der Waals surface area contributed by atoms with Crippen molar-refractivity contribution in [2.75, 3.05) is 0 Å². The maximum atomic E-state index is 11.1. The van der Waals surface area contributed by atoms with Crippen LogP contribution in [0.25, 0.3) is 5.69 Å². The average Bonchev–Trinajstić information content (AvgIpc) is 3.18. The average molecular weight is 293 g/mol. The summed E-state index contributed by atoms with van der Waals surface area (Å²) in [6, 6.07) is 4.79. The Labute approximate surface area is 120 Å². The molecule has 3 rings (SSSR count). The number of aromatic carboxylic acids is 1. The molecule has 1 aliphatic carbocycles. The summed E-state index contributed by atoms with van der Waals surface area (Å²) in [4.78, 5) is 11.1. The van der Waals surface area contributed by atoms with Crippen molar-refractivity contribution < 1.29 is 9.90 Å². The molecule has 1 aromatic heterocycles. The number of carbonyl (C=O) groups is 1. The van der Waals surface area contributed by atoms with E-state index in [0.717, 1.165) is 24.2 Å². The van der Waals surface area contributed by atoms with Gasteiger partial charge in [0.25, 0.3) is 0 Å². The van der Waals surface area contributed by atoms with Crippen molar-refractivity contribution in [2.24, 2.45) is 5.73 Å². The lowest BCUT2D eigenvalue weighted by atomic mass is 10.1. The zero-order valence-electron chi connectivity index (χ0n) is 10.6. The van der Waals surface area contributed by atoms with E-state index in [-0.39, 0.29) is 10.6 Å². The van der Waals surface area contributed by atoms with Crippen LogP contribution in [-0.4, -0.2) is 26.1 Å². The summed E-state index contributed by atoms with van der Waals surface area (Å²) in [5.74, 6) is -0.656. The third-order valence-corrected chi connectivity index (χ3v) is 3.69. The molecule has 0 saturated heterocycles. The summed E-state index contributed by atoms with van der Waals surface area (Å²) in [5, 5.41) is 17.5. The van der Waals surface area contributed by atoms with Crippen LogP contribution >= 0.6 is 11.6 Å². The number of carboxylic acids is 1. The van der Waals surface area contributed by atoms with Crippen LogP contribution in [-0.2, 0) is 6.54 Å². The summed E-state index contributed by atoms with van der Waals surface area (Å²) in [7, 11) is 0. The molecule has 3 N–H and O–H groups in total. The molecule has 1 aliphatic rings. The van der Waals surface area contributed by atoms with Crippen LogP contribution in [0.3, 0.4) is 0 Å². The van der Waals surface area contributed by atoms with Gasteiger partial charge in [-0.2, -0.15) is 0 Å². The highest BCUT2D eigenvalue weighted by Gasteiger charge is 2.31. The van der Waals surface area contributed by atoms with Gasteiger partial charge in [-0.3, -0.25) is 0 Å². The minimum Gasteiger partial charge on any atom is -0.478 e. The number of hydrogen-bond donors (Lipinski definition) is 2. The largest absolute Gasteiger partial charge is 0.478 e. The minimum absolute atomic E-state index is 0.0516. The number of aromatic nitrogens is 3. The first kappa shape index (κ1) is 13.1. The van der Waals surface area contributed by atoms with Crippen LogP contribution in [0.15, 0.2) is 18.2 Å². The molecule has 7 heteroatoms. The van der Waals surface area contributed by atoms with E-state index in [2.05, 4.69) is 10.3 Å². The van der Waals surface area contributed by atoms with Crippen molar-refractivity contribution in [2.45, 2.75) is 25.3 Å². The van der Waals surface area contributed by atoms with Gasteiger partial charge in [0, 0.05) is 12.5 Å². The predicted octanol–water partition coefficient (Wildman–Crippen LogP) is 1.95. The van der Waals surface area contributed by atoms with Gasteiger partial charge in [0.2, 0.25) is 0 Å². The lowest BCUT2D eigenvalue weighted by molar-refractivity contribution is 0.0697. The van der Waals surface area contributed by atoms with Gasteiger partial charge in [0.1, 0.15) is 5.69 Å². The van der Waals surface area contributed by atoms with Crippen molar-refractivity contribution >= 4 is 17.6 Å². The van der Waals surface area contributed by atoms with E-state index in [1.165, 1.54) is 6.07 Å². The highest BCUT2D eigenvalue weighted by molar-refractivity contribution is 6.33. The Balaban J connectivity index is 2.11. The highest BCUT2D eigenvalue weighted by Crippen LogP contribution is 2.42. The van der Waals surface area contributed by atoms with Crippen molar-refractivity contribution in [1.82, 2.24) is 15.0 Å². The molecule has 0 radical (unpaired) electrons. The van der Waals surface area contributed by atoms with Gasteiger partial charge in [0.15, 0.2) is 0 Å². The van der Waals surface area contributed by atoms with Gasteiger partial charge in [-0.15, -0.1) is 5.10 Å². The molecule has 1 aromatic carbocycles. The Morgan fingerprint density at radius 2 is 2.25 bits per heavy atom. The van der Waals surface area contributed by atoms with E-state index < -0.39 is 5.97 Å². The minimum atomic E-state index is -1.07. The van der Waals surface area contributed by atoms with E-state index >= 15 is 0 Å². The number of hydrogen-bond acceptors (Lipinski definition) is 4. The third-order valence-electron chi connectivity index (χ3n) is 3.36. The smallest absolute Gasteiger partial charge is 0.337 e. The second-order valence-corrected chi connectivity index (χ2v) is 5.19. The molecule has 104 valence electrons. The Morgan fingerprint density at radius 1 is 1.50 bits per heavy atom. The van der Waals surface area contributed by atoms with Gasteiger partial charge >= 0.3 is 5.97 Å². The molecule has 0 bridgehead atoms. The Morgan fingerprint density at radius 3 is 2.85 bits per heavy atom. The second kappa shape index (κ2) is 4.88. The molecule has 20 heavy (non-hydrogen) atoms. The van der Waals surface area contributed by atoms with Crippen LogP contribution in [0.4, 0.5) is 0 Å². The Bertz CT molecular complexity index is 679. The fourth-order valence-electron chi connectivity index (χ4n) is 2.23. The monoisotopic (exact) mass is 292 g/mol. The van der Waals surface area contributed by atoms with Gasteiger partial charge in [0.05, 0.1) is 22.0 Å². The first-order chi connectivity index (χ1) is 9.61. The van der Waals surface area contributed by atoms with Crippen LogP contribution < -0.4 is 5.73 Å². The van der Waals surface area contributed by atoms with E-state index in [1.54, 1.807) is 16.8 Å². The summed E-state index contributed by atoms with van der Waals surface area (Å²) in [6.45, 7) is 0.325. The highest BCUT2D eigenvalue weighted by atomic mass is 35.5. The molecule has 6 nitrogen and oxygen atoms in total. The van der Waals surface area contributed by atoms with Crippen molar-refractivity contribution in [3.05, 3.63) is 40.2 Å². The fraction of sp³-hybridized carbons (Fsp3) is 0.308. The number of rotatable bonds is 4. The van der Waals surface area contributed by atoms with Gasteiger partial charge in [-0.25, -0.2) is 9.48 Å². The SMILES string of the molecule is NCc1nnn(-c2ccc(Cl)c(C(=O)O)c2)c1C1CC1. The van der Waals surface area contributed by atoms with Crippen molar-refractivity contribution in [3.8, 4) is 5.69 Å². The molecular formula is C13H13ClN4O2. The zero-order valence-corrected chi connectivity index (χ0v) is 11.3. The summed E-state index contributed by atoms with van der Waals surface area (Å²) >= 11 is 5.88. The number of benzene rings is 1. The van der Waals surface area contributed by atoms with E-state index in [4.69, 9.17) is 22.4 Å². The molecule has 0 spiro atoms. The molecule has 1 heterocycles. The van der Waals surface area contributed by atoms with Crippen LogP contribution in [0, 0.1) is 0 Å². The normalized spacial score (nSPS) is 14.5. The second-order valence-electron chi connectivity index (χ2n) is 4.78. The standard InChI is InChI=1S/C13H13ClN4O2/c14-10-4-3-8(5-9(10)13(19)20)18-12(7-1-2-7)11(6-15)16-17-18/h3-5,7H,1-2,6,15H2,(H,19,20). The topological polar surface area (TPSA) is 94.0 Å². The van der Waals surface area contributed by atoms with E-state index in [1.807, 2.05) is 0 Å². The molecule has 1 fully saturated rings. The molecular weight excluding hydrogens is 280 g/mol. The summed E-state index contributed by atoms with van der Waals surface area (Å²) in [6.07, 6.45) is 2.17. The zero-order chi connectivity index (χ0) is 14.3. The molecule has 0 atom stereocenters. The molecule has 0 aliphatic heterocycles. The lowest BCUT2D eigenvalue weighted by Gasteiger charge is -2.08. The predicted molar refractivity (Wildman–Crippen MR) is 73.2 cm³/mol. The first-order valence-corrected chi connectivity index (χ1v) is 6.67. The summed E-state index contributed by atoms with van der Waals surface area (Å²) < 4.78 is 1.67. The molecule has 0 amide bonds. The van der Waals surface area contributed by atoms with Crippen LogP contribution in [0.1, 0.15) is 40.5 Å². The van der Waals surface area contributed by atoms with Crippen molar-refractivity contribution in [1.29, 1.82) is 0 Å². The molecule has 0 unspecified atom stereocenters. The van der Waals surface area contributed by atoms with E-state index in [0.29, 0.717) is 18.2 Å². The van der Waals surface area contributed by atoms with Crippen molar-refractivity contribution in [3.63, 3.8) is 0 Å². The fourth-order valence-corrected chi connectivity index (χ4v) is 2.43. The first-order valence-electron chi connectivity index (χ1n) is 6.29. The number of nitrogens with two attached hydrogens (primary N) is 1. The number of nitrogens with zero attached hydrogens (tertiary/aromatic N) is 3. The molecule has 1 saturated carbocycles. The maximum absolute atomic E-state index is 11.1. The number of halogens is 1. The van der Waals surface area contributed by atoms with E-state index in [9.17, 15) is 4.79 Å². The Hall–Kier alpha value is -1.92. The quantitative estimate of drug-likeness (QED) is 0.898. The van der Waals surface area contributed by atoms with Gasteiger partial charge < -0.3 is 10.8 Å². The number of carboxylic acid groups (broad SMARTS) is 1. The van der Waals surface area contributed by atoms with Gasteiger partial charge in [-0.05, 0) is 31.0 Å². The summed E-state index contributed by atoms with van der Waals surface area (Å²) in [5.41, 5.74) is 8.11. The lowest BCUT2D eigenvalue weighted by Crippen LogP contribution is -2.06. The van der Waals surface area contributed by atoms with Crippen LogP contribution in [0.5, 0.6) is 0 Å². The maximum Gasteiger partial charge on any atom is 0.337 e. The Kier molecular flexibility index (Phi) is 3.19. The van der Waals surface area contributed by atoms with Gasteiger partial charge in [-0.1, -0.05) is 16.8 Å².